The van der Waals surface area contributed by atoms with Gasteiger partial charge in [-0.1, -0.05) is 0 Å². The number of aromatic nitrogens is 2. The lowest BCUT2D eigenvalue weighted by Crippen LogP contribution is -2.26. The van der Waals surface area contributed by atoms with E-state index in [4.69, 9.17) is 14.5 Å². The maximum Gasteiger partial charge on any atom is 0.293 e. The van der Waals surface area contributed by atoms with Crippen molar-refractivity contribution in [3.05, 3.63) is 57.4 Å². The number of rotatable bonds is 5. The van der Waals surface area contributed by atoms with E-state index in [2.05, 4.69) is 0 Å². The average molecular weight is 366 g/mol. The highest BCUT2D eigenvalue weighted by Crippen LogP contribution is 2.34. The summed E-state index contributed by atoms with van der Waals surface area (Å²) in [5, 5.41) is 11.0. The van der Waals surface area contributed by atoms with Crippen LogP contribution in [0.25, 0.3) is 22.3 Å². The SMILES string of the molecule is COc1ccc2nc3c(cc2c1)Cn1c-3cc(C(C)O)c(COC=O)c1=O. The molecule has 1 atom stereocenters. The number of methoxy groups -OCH3 is 1. The zero-order chi connectivity index (χ0) is 19.1. The van der Waals surface area contributed by atoms with Crippen molar-refractivity contribution in [3.63, 3.8) is 0 Å². The molecule has 0 aliphatic carbocycles. The standard InChI is InChI=1S/C20H18N2O5/c1-11(24)15-7-18-19-13(8-22(18)20(25)16(15)9-27-10-23)5-12-6-14(26-2)3-4-17(12)21-19/h3-7,10-11,24H,8-9H2,1-2H3. The van der Waals surface area contributed by atoms with Gasteiger partial charge >= 0.3 is 0 Å². The van der Waals surface area contributed by atoms with Gasteiger partial charge in [-0.25, -0.2) is 4.98 Å². The molecule has 0 saturated heterocycles. The average Bonchev–Trinajstić information content (AvgIpc) is 3.02. The maximum atomic E-state index is 13.0. The number of ether oxygens (including phenoxy) is 2. The van der Waals surface area contributed by atoms with Gasteiger partial charge in [0.1, 0.15) is 12.4 Å². The fourth-order valence-corrected chi connectivity index (χ4v) is 3.53. The molecule has 1 aromatic carbocycles. The first-order valence-electron chi connectivity index (χ1n) is 8.51. The molecule has 7 heteroatoms. The van der Waals surface area contributed by atoms with Crippen molar-refractivity contribution in [1.29, 1.82) is 0 Å². The fraction of sp³-hybridized carbons (Fsp3) is 0.250. The van der Waals surface area contributed by atoms with E-state index in [1.807, 2.05) is 24.3 Å². The Morgan fingerprint density at radius 3 is 2.85 bits per heavy atom. The van der Waals surface area contributed by atoms with Crippen LogP contribution in [-0.2, 0) is 22.7 Å². The Labute approximate surface area is 154 Å². The van der Waals surface area contributed by atoms with Crippen LogP contribution in [0, 0.1) is 0 Å². The van der Waals surface area contributed by atoms with Crippen LogP contribution in [0.3, 0.4) is 0 Å². The Kier molecular flexibility index (Phi) is 4.16. The smallest absolute Gasteiger partial charge is 0.293 e. The highest BCUT2D eigenvalue weighted by atomic mass is 16.5. The van der Waals surface area contributed by atoms with Crippen molar-refractivity contribution in [3.8, 4) is 17.1 Å². The lowest BCUT2D eigenvalue weighted by Gasteiger charge is -2.14. The third kappa shape index (κ3) is 2.76. The molecule has 0 spiro atoms. The van der Waals surface area contributed by atoms with Crippen molar-refractivity contribution in [2.24, 2.45) is 0 Å². The second-order valence-corrected chi connectivity index (χ2v) is 6.49. The van der Waals surface area contributed by atoms with Crippen molar-refractivity contribution in [1.82, 2.24) is 9.55 Å². The van der Waals surface area contributed by atoms with Gasteiger partial charge in [-0.05, 0) is 42.8 Å². The van der Waals surface area contributed by atoms with E-state index in [0.717, 1.165) is 27.9 Å². The largest absolute Gasteiger partial charge is 0.497 e. The molecule has 0 bridgehead atoms. The number of carbonyl (C=O) groups is 1. The lowest BCUT2D eigenvalue weighted by atomic mass is 10.0. The van der Waals surface area contributed by atoms with Gasteiger partial charge in [0.2, 0.25) is 0 Å². The first kappa shape index (κ1) is 17.2. The van der Waals surface area contributed by atoms with Gasteiger partial charge < -0.3 is 19.1 Å². The van der Waals surface area contributed by atoms with Crippen LogP contribution in [0.4, 0.5) is 0 Å². The van der Waals surface area contributed by atoms with Gasteiger partial charge in [0.15, 0.2) is 0 Å². The molecule has 1 unspecified atom stereocenters. The summed E-state index contributed by atoms with van der Waals surface area (Å²) < 4.78 is 11.6. The number of benzene rings is 1. The number of aliphatic hydroxyl groups excluding tert-OH is 1. The molecule has 0 saturated carbocycles. The molecule has 0 amide bonds. The van der Waals surface area contributed by atoms with Crippen molar-refractivity contribution < 1.29 is 19.4 Å². The summed E-state index contributed by atoms with van der Waals surface area (Å²) in [7, 11) is 1.61. The van der Waals surface area contributed by atoms with Crippen molar-refractivity contribution in [2.75, 3.05) is 7.11 Å². The summed E-state index contributed by atoms with van der Waals surface area (Å²) in [4.78, 5) is 28.2. The lowest BCUT2D eigenvalue weighted by molar-refractivity contribution is -0.129. The number of hydrogen-bond donors (Lipinski definition) is 1. The highest BCUT2D eigenvalue weighted by Gasteiger charge is 2.26. The van der Waals surface area contributed by atoms with E-state index in [0.29, 0.717) is 24.3 Å². The van der Waals surface area contributed by atoms with Crippen molar-refractivity contribution in [2.45, 2.75) is 26.2 Å². The third-order valence-corrected chi connectivity index (χ3v) is 4.85. The van der Waals surface area contributed by atoms with Crippen LogP contribution < -0.4 is 10.3 Å². The number of nitrogens with zero attached hydrogens (tertiary/aromatic N) is 2. The number of hydrogen-bond acceptors (Lipinski definition) is 6. The zero-order valence-electron chi connectivity index (χ0n) is 14.9. The molecule has 1 aliphatic heterocycles. The third-order valence-electron chi connectivity index (χ3n) is 4.85. The Bertz CT molecular complexity index is 1120. The Morgan fingerprint density at radius 2 is 2.15 bits per heavy atom. The van der Waals surface area contributed by atoms with Crippen LogP contribution in [-0.4, -0.2) is 28.2 Å². The molecule has 1 N–H and O–H groups in total. The summed E-state index contributed by atoms with van der Waals surface area (Å²) in [6, 6.07) is 9.36. The minimum Gasteiger partial charge on any atom is -0.497 e. The number of aliphatic hydroxyl groups is 1. The molecule has 7 nitrogen and oxygen atoms in total. The van der Waals surface area contributed by atoms with Crippen LogP contribution in [0.5, 0.6) is 5.75 Å². The Hall–Kier alpha value is -3.19. The second-order valence-electron chi connectivity index (χ2n) is 6.49. The quantitative estimate of drug-likeness (QED) is 0.544. The monoisotopic (exact) mass is 366 g/mol. The first-order chi connectivity index (χ1) is 13.0. The molecule has 138 valence electrons. The van der Waals surface area contributed by atoms with Crippen LogP contribution >= 0.6 is 0 Å². The Balaban J connectivity index is 1.92. The minimum atomic E-state index is -0.873. The van der Waals surface area contributed by atoms with Gasteiger partial charge in [-0.15, -0.1) is 0 Å². The van der Waals surface area contributed by atoms with Gasteiger partial charge in [-0.2, -0.15) is 0 Å². The summed E-state index contributed by atoms with van der Waals surface area (Å²) in [5.41, 5.74) is 3.51. The van der Waals surface area contributed by atoms with E-state index in [-0.39, 0.29) is 17.7 Å². The van der Waals surface area contributed by atoms with E-state index < -0.39 is 6.10 Å². The molecule has 0 radical (unpaired) electrons. The van der Waals surface area contributed by atoms with E-state index >= 15 is 0 Å². The first-order valence-corrected chi connectivity index (χ1v) is 8.51. The highest BCUT2D eigenvalue weighted by molar-refractivity contribution is 5.85. The zero-order valence-corrected chi connectivity index (χ0v) is 14.9. The van der Waals surface area contributed by atoms with Gasteiger partial charge in [0, 0.05) is 10.9 Å². The minimum absolute atomic E-state index is 0.175. The predicted molar refractivity (Wildman–Crippen MR) is 98.6 cm³/mol. The van der Waals surface area contributed by atoms with Crippen molar-refractivity contribution >= 4 is 17.4 Å². The normalized spacial score (nSPS) is 13.1. The number of fused-ring (bicyclic) bond motifs is 4. The predicted octanol–water partition coefficient (Wildman–Crippen LogP) is 2.16. The summed E-state index contributed by atoms with van der Waals surface area (Å²) in [6.45, 7) is 2.06. The maximum absolute atomic E-state index is 13.0. The van der Waals surface area contributed by atoms with Crippen LogP contribution in [0.15, 0.2) is 35.1 Å². The summed E-state index contributed by atoms with van der Waals surface area (Å²) in [5.74, 6) is 0.738. The molecule has 0 fully saturated rings. The van der Waals surface area contributed by atoms with Crippen LogP contribution in [0.1, 0.15) is 29.7 Å². The van der Waals surface area contributed by atoms with Gasteiger partial charge in [0.05, 0.1) is 42.2 Å². The molecule has 3 heterocycles. The number of carbonyl (C=O) groups excluding carboxylic acids is 1. The molecular weight excluding hydrogens is 348 g/mol. The van der Waals surface area contributed by atoms with Gasteiger partial charge in [-0.3, -0.25) is 9.59 Å². The second kappa shape index (κ2) is 6.51. The summed E-state index contributed by atoms with van der Waals surface area (Å²) in [6.07, 6.45) is -0.873. The van der Waals surface area contributed by atoms with Gasteiger partial charge in [0.25, 0.3) is 12.0 Å². The molecule has 2 aromatic heterocycles. The van der Waals surface area contributed by atoms with E-state index in [1.54, 1.807) is 24.7 Å². The molecule has 3 aromatic rings. The molecular formula is C20H18N2O5. The van der Waals surface area contributed by atoms with E-state index in [1.165, 1.54) is 0 Å². The summed E-state index contributed by atoms with van der Waals surface area (Å²) >= 11 is 0. The molecule has 1 aliphatic rings. The fourth-order valence-electron chi connectivity index (χ4n) is 3.53. The van der Waals surface area contributed by atoms with Crippen LogP contribution in [0.2, 0.25) is 0 Å². The topological polar surface area (TPSA) is 90.7 Å². The molecule has 27 heavy (non-hydrogen) atoms. The number of pyridine rings is 2. The van der Waals surface area contributed by atoms with E-state index in [9.17, 15) is 14.7 Å². The Morgan fingerprint density at radius 1 is 1.33 bits per heavy atom. The molecule has 4 rings (SSSR count).